The van der Waals surface area contributed by atoms with Gasteiger partial charge in [-0.2, -0.15) is 5.26 Å². The summed E-state index contributed by atoms with van der Waals surface area (Å²) in [6.07, 6.45) is 2.25. The van der Waals surface area contributed by atoms with Gasteiger partial charge in [-0.15, -0.1) is 0 Å². The van der Waals surface area contributed by atoms with E-state index in [0.29, 0.717) is 22.9 Å². The van der Waals surface area contributed by atoms with E-state index in [0.717, 1.165) is 25.0 Å². The van der Waals surface area contributed by atoms with Crippen LogP contribution in [0.3, 0.4) is 0 Å². The number of thioether (sulfide) groups is 1. The minimum absolute atomic E-state index is 0.0803. The SMILES string of the molecule is COc1ccc([C@H]2CC(=O)NC(SCC(=O)NC[C@H]3CCCO3)=C2C#N)cc1. The van der Waals surface area contributed by atoms with E-state index in [-0.39, 0.29) is 36.0 Å². The maximum Gasteiger partial charge on any atom is 0.230 e. The largest absolute Gasteiger partial charge is 0.497 e. The molecule has 0 radical (unpaired) electrons. The molecular formula is C20H23N3O4S. The number of carbonyl (C=O) groups is 2. The van der Waals surface area contributed by atoms with E-state index in [1.807, 2.05) is 24.3 Å². The Hall–Kier alpha value is -2.50. The van der Waals surface area contributed by atoms with Gasteiger partial charge < -0.3 is 20.1 Å². The van der Waals surface area contributed by atoms with Crippen LogP contribution in [0, 0.1) is 11.3 Å². The third-order valence-corrected chi connectivity index (χ3v) is 5.79. The molecule has 3 rings (SSSR count). The van der Waals surface area contributed by atoms with Crippen LogP contribution in [0.2, 0.25) is 0 Å². The minimum atomic E-state index is -0.331. The number of hydrogen-bond donors (Lipinski definition) is 2. The number of allylic oxidation sites excluding steroid dienone is 1. The molecule has 0 bridgehead atoms. The van der Waals surface area contributed by atoms with E-state index >= 15 is 0 Å². The van der Waals surface area contributed by atoms with E-state index in [4.69, 9.17) is 9.47 Å². The first-order chi connectivity index (χ1) is 13.6. The van der Waals surface area contributed by atoms with Gasteiger partial charge in [-0.05, 0) is 30.5 Å². The summed E-state index contributed by atoms with van der Waals surface area (Å²) in [6, 6.07) is 9.54. The van der Waals surface area contributed by atoms with Crippen LogP contribution in [0.15, 0.2) is 34.9 Å². The fraction of sp³-hybridized carbons (Fsp3) is 0.450. The molecule has 1 aromatic rings. The number of benzene rings is 1. The van der Waals surface area contributed by atoms with Crippen LogP contribution >= 0.6 is 11.8 Å². The molecule has 0 aromatic heterocycles. The molecule has 2 aliphatic heterocycles. The quantitative estimate of drug-likeness (QED) is 0.725. The van der Waals surface area contributed by atoms with Crippen LogP contribution in [0.4, 0.5) is 0 Å². The maximum absolute atomic E-state index is 12.2. The highest BCUT2D eigenvalue weighted by Gasteiger charge is 2.30. The molecular weight excluding hydrogens is 378 g/mol. The smallest absolute Gasteiger partial charge is 0.230 e. The second kappa shape index (κ2) is 9.62. The average Bonchev–Trinajstić information content (AvgIpc) is 3.24. The predicted molar refractivity (Wildman–Crippen MR) is 106 cm³/mol. The summed E-state index contributed by atoms with van der Waals surface area (Å²) in [4.78, 5) is 24.3. The maximum atomic E-state index is 12.2. The normalized spacial score (nSPS) is 21.8. The van der Waals surface area contributed by atoms with E-state index in [9.17, 15) is 14.9 Å². The van der Waals surface area contributed by atoms with Crippen LogP contribution < -0.4 is 15.4 Å². The Labute approximate surface area is 168 Å². The number of rotatable bonds is 7. The number of amides is 2. The van der Waals surface area contributed by atoms with Gasteiger partial charge in [-0.3, -0.25) is 9.59 Å². The fourth-order valence-corrected chi connectivity index (χ4v) is 4.18. The number of methoxy groups -OCH3 is 1. The second-order valence-corrected chi connectivity index (χ2v) is 7.65. The van der Waals surface area contributed by atoms with E-state index < -0.39 is 0 Å². The van der Waals surface area contributed by atoms with Gasteiger partial charge in [-0.25, -0.2) is 0 Å². The molecule has 7 nitrogen and oxygen atoms in total. The Kier molecular flexibility index (Phi) is 6.95. The number of carbonyl (C=O) groups excluding carboxylic acids is 2. The Morgan fingerprint density at radius 3 is 2.86 bits per heavy atom. The lowest BCUT2D eigenvalue weighted by Gasteiger charge is -2.25. The summed E-state index contributed by atoms with van der Waals surface area (Å²) < 4.78 is 10.6. The summed E-state index contributed by atoms with van der Waals surface area (Å²) in [5.74, 6) is 0.197. The number of nitrogens with one attached hydrogen (secondary N) is 2. The third kappa shape index (κ3) is 5.06. The van der Waals surface area contributed by atoms with Gasteiger partial charge in [0.1, 0.15) is 5.75 Å². The third-order valence-electron chi connectivity index (χ3n) is 4.77. The molecule has 0 saturated carbocycles. The van der Waals surface area contributed by atoms with Crippen molar-refractivity contribution in [2.75, 3.05) is 26.0 Å². The zero-order valence-corrected chi connectivity index (χ0v) is 16.5. The molecule has 148 valence electrons. The highest BCUT2D eigenvalue weighted by molar-refractivity contribution is 8.03. The highest BCUT2D eigenvalue weighted by Crippen LogP contribution is 2.36. The Bertz CT molecular complexity index is 795. The van der Waals surface area contributed by atoms with Crippen molar-refractivity contribution in [3.63, 3.8) is 0 Å². The van der Waals surface area contributed by atoms with E-state index in [1.54, 1.807) is 7.11 Å². The van der Waals surface area contributed by atoms with Crippen LogP contribution in [0.25, 0.3) is 0 Å². The van der Waals surface area contributed by atoms with Crippen molar-refractivity contribution in [1.29, 1.82) is 5.26 Å². The fourth-order valence-electron chi connectivity index (χ4n) is 3.28. The zero-order chi connectivity index (χ0) is 19.9. The minimum Gasteiger partial charge on any atom is -0.497 e. The lowest BCUT2D eigenvalue weighted by Crippen LogP contribution is -2.34. The van der Waals surface area contributed by atoms with E-state index in [2.05, 4.69) is 16.7 Å². The van der Waals surface area contributed by atoms with Crippen molar-refractivity contribution in [1.82, 2.24) is 10.6 Å². The summed E-state index contributed by atoms with van der Waals surface area (Å²) in [5, 5.41) is 15.7. The molecule has 2 amide bonds. The van der Waals surface area contributed by atoms with Crippen molar-refractivity contribution in [2.24, 2.45) is 0 Å². The topological polar surface area (TPSA) is 100 Å². The number of nitriles is 1. The highest BCUT2D eigenvalue weighted by atomic mass is 32.2. The molecule has 2 heterocycles. The van der Waals surface area contributed by atoms with Gasteiger partial charge in [0.25, 0.3) is 0 Å². The van der Waals surface area contributed by atoms with Gasteiger partial charge in [-0.1, -0.05) is 23.9 Å². The molecule has 2 aliphatic rings. The van der Waals surface area contributed by atoms with Gasteiger partial charge in [0.05, 0.1) is 35.6 Å². The lowest BCUT2D eigenvalue weighted by molar-refractivity contribution is -0.121. The molecule has 1 aromatic carbocycles. The van der Waals surface area contributed by atoms with Crippen molar-refractivity contribution in [3.05, 3.63) is 40.4 Å². The Morgan fingerprint density at radius 2 is 2.21 bits per heavy atom. The molecule has 0 unspecified atom stereocenters. The Morgan fingerprint density at radius 1 is 1.43 bits per heavy atom. The van der Waals surface area contributed by atoms with Crippen LogP contribution in [0.5, 0.6) is 5.75 Å². The Balaban J connectivity index is 1.66. The molecule has 0 spiro atoms. The zero-order valence-electron chi connectivity index (χ0n) is 15.7. The van der Waals surface area contributed by atoms with Gasteiger partial charge in [0.2, 0.25) is 11.8 Å². The molecule has 28 heavy (non-hydrogen) atoms. The van der Waals surface area contributed by atoms with Crippen LogP contribution in [-0.4, -0.2) is 43.9 Å². The summed E-state index contributed by atoms with van der Waals surface area (Å²) in [6.45, 7) is 1.23. The first-order valence-electron chi connectivity index (χ1n) is 9.20. The monoisotopic (exact) mass is 401 g/mol. The standard InChI is InChI=1S/C20H23N3O4S/c1-26-14-6-4-13(5-7-14)16-9-18(24)23-20(17(16)10-21)28-12-19(25)22-11-15-3-2-8-27-15/h4-7,15-16H,2-3,8-9,11-12H2,1H3,(H,22,25)(H,23,24)/t15-,16-/m1/s1. The number of hydrogen-bond acceptors (Lipinski definition) is 6. The predicted octanol–water partition coefficient (Wildman–Crippen LogP) is 2.06. The molecule has 8 heteroatoms. The molecule has 2 atom stereocenters. The first-order valence-corrected chi connectivity index (χ1v) is 10.2. The summed E-state index contributed by atoms with van der Waals surface area (Å²) >= 11 is 1.18. The van der Waals surface area contributed by atoms with Crippen molar-refractivity contribution >= 4 is 23.6 Å². The van der Waals surface area contributed by atoms with Crippen molar-refractivity contribution in [3.8, 4) is 11.8 Å². The molecule has 1 fully saturated rings. The molecule has 0 aliphatic carbocycles. The van der Waals surface area contributed by atoms with Gasteiger partial charge in [0, 0.05) is 25.5 Å². The van der Waals surface area contributed by atoms with E-state index in [1.165, 1.54) is 11.8 Å². The average molecular weight is 401 g/mol. The van der Waals surface area contributed by atoms with Crippen LogP contribution in [-0.2, 0) is 14.3 Å². The summed E-state index contributed by atoms with van der Waals surface area (Å²) in [5.41, 5.74) is 1.34. The van der Waals surface area contributed by atoms with Crippen LogP contribution in [0.1, 0.15) is 30.7 Å². The number of nitrogens with zero attached hydrogens (tertiary/aromatic N) is 1. The van der Waals surface area contributed by atoms with Crippen molar-refractivity contribution in [2.45, 2.75) is 31.3 Å². The number of ether oxygens (including phenoxy) is 2. The second-order valence-electron chi connectivity index (χ2n) is 6.66. The molecule has 2 N–H and O–H groups in total. The molecule has 1 saturated heterocycles. The van der Waals surface area contributed by atoms with Crippen molar-refractivity contribution < 1.29 is 19.1 Å². The van der Waals surface area contributed by atoms with Gasteiger partial charge >= 0.3 is 0 Å². The first kappa shape index (κ1) is 20.2. The lowest BCUT2D eigenvalue weighted by atomic mass is 9.87. The summed E-state index contributed by atoms with van der Waals surface area (Å²) in [7, 11) is 1.59. The van der Waals surface area contributed by atoms with Gasteiger partial charge in [0.15, 0.2) is 0 Å².